The summed E-state index contributed by atoms with van der Waals surface area (Å²) in [6, 6.07) is 16.4. The fourth-order valence-corrected chi connectivity index (χ4v) is 4.10. The van der Waals surface area contributed by atoms with Crippen LogP contribution >= 0.6 is 25.3 Å². The van der Waals surface area contributed by atoms with Crippen molar-refractivity contribution >= 4 is 47.1 Å². The first-order valence-corrected chi connectivity index (χ1v) is 10.3. The van der Waals surface area contributed by atoms with E-state index in [4.69, 9.17) is 11.5 Å². The summed E-state index contributed by atoms with van der Waals surface area (Å²) < 4.78 is 0. The van der Waals surface area contributed by atoms with E-state index in [0.29, 0.717) is 11.5 Å². The normalized spacial score (nSPS) is 14.1. The second-order valence-electron chi connectivity index (χ2n) is 6.92. The molecule has 2 heterocycles. The van der Waals surface area contributed by atoms with Gasteiger partial charge < -0.3 is 21.4 Å². The Balaban J connectivity index is 2.01. The van der Waals surface area contributed by atoms with E-state index in [-0.39, 0.29) is 12.1 Å². The van der Waals surface area contributed by atoms with Gasteiger partial charge in [-0.3, -0.25) is 0 Å². The van der Waals surface area contributed by atoms with Gasteiger partial charge in [0.15, 0.2) is 0 Å². The van der Waals surface area contributed by atoms with Gasteiger partial charge in [-0.2, -0.15) is 25.3 Å². The number of fused-ring (bicyclic) bond motifs is 2. The molecule has 4 aromatic rings. The molecular weight excluding hydrogens is 372 g/mol. The standard InChI is InChI=1S/C21H24N4S2/c22-12(10-26)9-15-13-5-1-3-7-17(13)24-20(15)21-19(16(23)11-27)14-6-2-4-8-18(14)25-21/h1-8,12,16,24-27H,9-11,22-23H2. The summed E-state index contributed by atoms with van der Waals surface area (Å²) in [6.07, 6.45) is 0.744. The van der Waals surface area contributed by atoms with Gasteiger partial charge >= 0.3 is 0 Å². The SMILES string of the molecule is NC(CS)Cc1c(-c2[nH]c3ccccc3c2C(N)CS)[nH]c2ccccc12. The van der Waals surface area contributed by atoms with Gasteiger partial charge in [-0.05, 0) is 24.1 Å². The highest BCUT2D eigenvalue weighted by atomic mass is 32.1. The van der Waals surface area contributed by atoms with E-state index in [9.17, 15) is 0 Å². The van der Waals surface area contributed by atoms with Crippen LogP contribution in [-0.2, 0) is 6.42 Å². The minimum atomic E-state index is -0.169. The van der Waals surface area contributed by atoms with E-state index in [1.807, 2.05) is 18.2 Å². The molecule has 2 unspecified atom stereocenters. The molecule has 4 rings (SSSR count). The molecule has 0 radical (unpaired) electrons. The highest BCUT2D eigenvalue weighted by Crippen LogP contribution is 2.38. The van der Waals surface area contributed by atoms with Crippen molar-refractivity contribution in [2.24, 2.45) is 11.5 Å². The third-order valence-electron chi connectivity index (χ3n) is 5.08. The number of hydrogen-bond donors (Lipinski definition) is 6. The quantitative estimate of drug-likeness (QED) is 0.278. The molecule has 6 heteroatoms. The maximum atomic E-state index is 6.47. The number of nitrogens with two attached hydrogens (primary N) is 2. The van der Waals surface area contributed by atoms with Crippen molar-refractivity contribution in [3.05, 3.63) is 59.7 Å². The Labute approximate surface area is 169 Å². The maximum absolute atomic E-state index is 6.47. The van der Waals surface area contributed by atoms with Crippen LogP contribution in [0.1, 0.15) is 17.2 Å². The van der Waals surface area contributed by atoms with Crippen LogP contribution in [0.2, 0.25) is 0 Å². The number of nitrogens with one attached hydrogen (secondary N) is 2. The van der Waals surface area contributed by atoms with Gasteiger partial charge in [-0.25, -0.2) is 0 Å². The zero-order chi connectivity index (χ0) is 19.0. The number of thiol groups is 2. The molecule has 2 aromatic heterocycles. The molecule has 140 valence electrons. The average Bonchev–Trinajstić information content (AvgIpc) is 3.26. The second kappa shape index (κ2) is 7.64. The van der Waals surface area contributed by atoms with Crippen molar-refractivity contribution < 1.29 is 0 Å². The lowest BCUT2D eigenvalue weighted by Gasteiger charge is -2.13. The average molecular weight is 397 g/mol. The van der Waals surface area contributed by atoms with Crippen LogP contribution in [0.25, 0.3) is 33.2 Å². The first-order valence-electron chi connectivity index (χ1n) is 9.07. The number of para-hydroxylation sites is 2. The van der Waals surface area contributed by atoms with Gasteiger partial charge in [-0.1, -0.05) is 36.4 Å². The Morgan fingerprint density at radius 1 is 0.778 bits per heavy atom. The first kappa shape index (κ1) is 18.5. The fraction of sp³-hybridized carbons (Fsp3) is 0.238. The predicted octanol–water partition coefficient (Wildman–Crippen LogP) is 4.05. The van der Waals surface area contributed by atoms with E-state index >= 15 is 0 Å². The smallest absolute Gasteiger partial charge is 0.0682 e. The lowest BCUT2D eigenvalue weighted by atomic mass is 9.98. The van der Waals surface area contributed by atoms with Gasteiger partial charge in [0.1, 0.15) is 0 Å². The molecular formula is C21H24N4S2. The van der Waals surface area contributed by atoms with Gasteiger partial charge in [0.05, 0.1) is 11.4 Å². The molecule has 0 bridgehead atoms. The molecule has 2 atom stereocenters. The summed E-state index contributed by atoms with van der Waals surface area (Å²) in [7, 11) is 0. The monoisotopic (exact) mass is 396 g/mol. The highest BCUT2D eigenvalue weighted by Gasteiger charge is 2.23. The van der Waals surface area contributed by atoms with Crippen molar-refractivity contribution in [1.29, 1.82) is 0 Å². The third-order valence-corrected chi connectivity index (χ3v) is 5.94. The van der Waals surface area contributed by atoms with E-state index in [2.05, 4.69) is 65.6 Å². The summed E-state index contributed by atoms with van der Waals surface area (Å²) in [6.45, 7) is 0. The topological polar surface area (TPSA) is 83.6 Å². The summed E-state index contributed by atoms with van der Waals surface area (Å²) in [5.41, 5.74) is 19.3. The molecule has 0 saturated heterocycles. The van der Waals surface area contributed by atoms with Crippen molar-refractivity contribution in [3.63, 3.8) is 0 Å². The summed E-state index contributed by atoms with van der Waals surface area (Å²) in [5.74, 6) is 1.20. The Morgan fingerprint density at radius 2 is 1.37 bits per heavy atom. The lowest BCUT2D eigenvalue weighted by Crippen LogP contribution is -2.24. The highest BCUT2D eigenvalue weighted by molar-refractivity contribution is 7.80. The van der Waals surface area contributed by atoms with Crippen LogP contribution in [0.5, 0.6) is 0 Å². The number of aromatic nitrogens is 2. The van der Waals surface area contributed by atoms with Gasteiger partial charge in [0, 0.05) is 51.0 Å². The number of aromatic amines is 2. The van der Waals surface area contributed by atoms with Crippen LogP contribution < -0.4 is 11.5 Å². The van der Waals surface area contributed by atoms with E-state index in [1.165, 1.54) is 10.9 Å². The minimum absolute atomic E-state index is 0.0160. The molecule has 0 saturated carbocycles. The number of rotatable bonds is 6. The molecule has 4 nitrogen and oxygen atoms in total. The molecule has 0 aliphatic heterocycles. The molecule has 0 fully saturated rings. The largest absolute Gasteiger partial charge is 0.353 e. The first-order chi connectivity index (χ1) is 13.1. The molecule has 6 N–H and O–H groups in total. The molecule has 0 spiro atoms. The summed E-state index contributed by atoms with van der Waals surface area (Å²) in [5, 5.41) is 2.32. The minimum Gasteiger partial charge on any atom is -0.353 e. The Bertz CT molecular complexity index is 1080. The summed E-state index contributed by atoms with van der Waals surface area (Å²) in [4.78, 5) is 7.18. The Morgan fingerprint density at radius 3 is 2.04 bits per heavy atom. The van der Waals surface area contributed by atoms with Crippen LogP contribution in [0.4, 0.5) is 0 Å². The maximum Gasteiger partial charge on any atom is 0.0682 e. The molecule has 2 aromatic carbocycles. The molecule has 0 aliphatic carbocycles. The molecule has 0 amide bonds. The van der Waals surface area contributed by atoms with E-state index in [0.717, 1.165) is 39.8 Å². The van der Waals surface area contributed by atoms with Crippen molar-refractivity contribution in [2.75, 3.05) is 11.5 Å². The van der Waals surface area contributed by atoms with Crippen LogP contribution in [0, 0.1) is 0 Å². The molecule has 27 heavy (non-hydrogen) atoms. The Kier molecular flexibility index (Phi) is 5.23. The zero-order valence-corrected chi connectivity index (χ0v) is 16.7. The van der Waals surface area contributed by atoms with E-state index < -0.39 is 0 Å². The van der Waals surface area contributed by atoms with Gasteiger partial charge in [-0.15, -0.1) is 0 Å². The second-order valence-corrected chi connectivity index (χ2v) is 7.65. The van der Waals surface area contributed by atoms with Crippen LogP contribution in [0.15, 0.2) is 48.5 Å². The number of H-pyrrole nitrogens is 2. The van der Waals surface area contributed by atoms with Crippen molar-refractivity contribution in [3.8, 4) is 11.4 Å². The lowest BCUT2D eigenvalue weighted by molar-refractivity contribution is 0.754. The number of hydrogen-bond acceptors (Lipinski definition) is 4. The zero-order valence-electron chi connectivity index (χ0n) is 14.9. The van der Waals surface area contributed by atoms with Gasteiger partial charge in [0.25, 0.3) is 0 Å². The van der Waals surface area contributed by atoms with E-state index in [1.54, 1.807) is 0 Å². The van der Waals surface area contributed by atoms with Crippen molar-refractivity contribution in [2.45, 2.75) is 18.5 Å². The summed E-state index contributed by atoms with van der Waals surface area (Å²) >= 11 is 8.83. The van der Waals surface area contributed by atoms with Crippen LogP contribution in [-0.4, -0.2) is 27.5 Å². The van der Waals surface area contributed by atoms with Crippen molar-refractivity contribution in [1.82, 2.24) is 9.97 Å². The third kappa shape index (κ3) is 3.27. The van der Waals surface area contributed by atoms with Gasteiger partial charge in [0.2, 0.25) is 0 Å². The fourth-order valence-electron chi connectivity index (χ4n) is 3.79. The number of benzene rings is 2. The van der Waals surface area contributed by atoms with Crippen LogP contribution in [0.3, 0.4) is 0 Å². The predicted molar refractivity (Wildman–Crippen MR) is 122 cm³/mol. The Hall–Kier alpha value is -1.86. The molecule has 0 aliphatic rings.